The summed E-state index contributed by atoms with van der Waals surface area (Å²) >= 11 is 0. The lowest BCUT2D eigenvalue weighted by Gasteiger charge is -2.41. The van der Waals surface area contributed by atoms with Crippen molar-refractivity contribution < 1.29 is 105 Å². The third-order valence-electron chi connectivity index (χ3n) is 4.72. The highest BCUT2D eigenvalue weighted by Gasteiger charge is 2.88. The summed E-state index contributed by atoms with van der Waals surface area (Å²) in [6.07, 6.45) is -40.2. The van der Waals surface area contributed by atoms with E-state index < -0.39 is 97.8 Å². The van der Waals surface area contributed by atoms with Gasteiger partial charge in [-0.2, -0.15) is 74.3 Å². The van der Waals surface area contributed by atoms with Crippen LogP contribution in [-0.2, 0) is 24.6 Å². The number of alkyl halides is 17. The summed E-state index contributed by atoms with van der Waals surface area (Å²) < 4.78 is 291. The topological polar surface area (TPSA) is 119 Å². The Kier molecular flexibility index (Phi) is 10.7. The van der Waals surface area contributed by atoms with Crippen molar-refractivity contribution in [3.8, 4) is 5.75 Å². The highest BCUT2D eigenvalue weighted by Crippen LogP contribution is 2.63. The van der Waals surface area contributed by atoms with Crippen LogP contribution in [0.1, 0.15) is 0 Å². The fourth-order valence-corrected chi connectivity index (χ4v) is 4.21. The molecule has 0 saturated heterocycles. The Bertz CT molecular complexity index is 1350. The molecule has 1 aromatic carbocycles. The van der Waals surface area contributed by atoms with Gasteiger partial charge in [-0.25, -0.2) is 26.1 Å². The minimum atomic E-state index is -8.39. The average molecular weight is 727 g/mol. The van der Waals surface area contributed by atoms with Gasteiger partial charge in [-0.3, -0.25) is 4.55 Å². The fourth-order valence-electron chi connectivity index (χ4n) is 2.90. The van der Waals surface area contributed by atoms with Crippen LogP contribution in [0.25, 0.3) is 0 Å². The lowest BCUT2D eigenvalue weighted by Crippen LogP contribution is -2.67. The number of hydrogen-bond acceptors (Lipinski definition) is 6. The van der Waals surface area contributed by atoms with Crippen LogP contribution < -0.4 is 9.46 Å². The zero-order valence-electron chi connectivity index (χ0n) is 19.9. The second kappa shape index (κ2) is 11.9. The standard InChI is InChI=1S/C17H10F17NO7S2/c18-11(14(23,24)25,15(26,27)28)9(12(19,16(29,30)31)17(32,33)34)10(13(20,21)22)42-7-1-3-8(4-2-7)43(36,37)35-5-6-41-44(38,39)40/h1-4,35H,5-6H2,(H,38,39,40). The molecule has 1 rings (SSSR count). The first-order valence-corrected chi connectivity index (χ1v) is 12.9. The largest absolute Gasteiger partial charge is 0.452 e. The number of benzene rings is 1. The van der Waals surface area contributed by atoms with E-state index in [4.69, 9.17) is 4.55 Å². The van der Waals surface area contributed by atoms with Crippen molar-refractivity contribution in [1.82, 2.24) is 4.72 Å². The summed E-state index contributed by atoms with van der Waals surface area (Å²) in [4.78, 5) is -1.16. The van der Waals surface area contributed by atoms with Gasteiger partial charge in [0.05, 0.1) is 17.1 Å². The molecule has 0 bridgehead atoms. The van der Waals surface area contributed by atoms with Crippen LogP contribution in [0.3, 0.4) is 0 Å². The number of hydrogen-bond donors (Lipinski definition) is 2. The van der Waals surface area contributed by atoms with E-state index in [-0.39, 0.29) is 24.3 Å². The summed E-state index contributed by atoms with van der Waals surface area (Å²) in [5, 5.41) is 0. The Morgan fingerprint density at radius 2 is 1.02 bits per heavy atom. The predicted octanol–water partition coefficient (Wildman–Crippen LogP) is 5.65. The Hall–Kier alpha value is -2.65. The number of halogens is 17. The molecule has 8 nitrogen and oxygen atoms in total. The molecular formula is C17H10F17NO7S2. The third-order valence-corrected chi connectivity index (χ3v) is 6.66. The van der Waals surface area contributed by atoms with Crippen molar-refractivity contribution in [2.45, 2.75) is 47.1 Å². The summed E-state index contributed by atoms with van der Waals surface area (Å²) in [5.41, 5.74) is -22.5. The second-order valence-electron chi connectivity index (χ2n) is 7.73. The lowest BCUT2D eigenvalue weighted by atomic mass is 9.79. The van der Waals surface area contributed by atoms with Crippen molar-refractivity contribution >= 4 is 20.4 Å². The summed E-state index contributed by atoms with van der Waals surface area (Å²) in [5.74, 6) is -6.77. The van der Waals surface area contributed by atoms with E-state index in [0.29, 0.717) is 0 Å². The van der Waals surface area contributed by atoms with Gasteiger partial charge in [-0.1, -0.05) is 0 Å². The number of sulfonamides is 1. The second-order valence-corrected chi connectivity index (χ2v) is 10.6. The van der Waals surface area contributed by atoms with E-state index in [1.165, 1.54) is 4.72 Å². The summed E-state index contributed by atoms with van der Waals surface area (Å²) in [6, 6.07) is -0.424. The number of ether oxygens (including phenoxy) is 1. The van der Waals surface area contributed by atoms with Gasteiger partial charge in [0.25, 0.3) is 0 Å². The zero-order chi connectivity index (χ0) is 35.2. The van der Waals surface area contributed by atoms with Gasteiger partial charge in [0, 0.05) is 6.54 Å². The molecule has 0 aliphatic rings. The van der Waals surface area contributed by atoms with Crippen LogP contribution in [0.15, 0.2) is 40.5 Å². The molecule has 0 aliphatic carbocycles. The van der Waals surface area contributed by atoms with Gasteiger partial charge in [0.15, 0.2) is 0 Å². The van der Waals surface area contributed by atoms with Gasteiger partial charge in [-0.15, -0.1) is 0 Å². The monoisotopic (exact) mass is 727 g/mol. The zero-order valence-corrected chi connectivity index (χ0v) is 21.5. The van der Waals surface area contributed by atoms with Crippen molar-refractivity contribution in [3.05, 3.63) is 35.6 Å². The van der Waals surface area contributed by atoms with Crippen LogP contribution >= 0.6 is 0 Å². The smallest absolute Gasteiger partial charge is 0.449 e. The lowest BCUT2D eigenvalue weighted by molar-refractivity contribution is -0.365. The molecule has 0 fully saturated rings. The van der Waals surface area contributed by atoms with Gasteiger partial charge in [-0.05, 0) is 24.3 Å². The first-order valence-electron chi connectivity index (χ1n) is 10.0. The van der Waals surface area contributed by atoms with Crippen LogP contribution in [0.4, 0.5) is 74.6 Å². The summed E-state index contributed by atoms with van der Waals surface area (Å²) in [6.45, 7) is -2.10. The molecule has 27 heteroatoms. The SMILES string of the molecule is O=S(=O)(O)OCCNS(=O)(=O)c1ccc(OC(=C(C(F)(C(F)(F)F)C(F)(F)F)C(F)(C(F)(F)F)C(F)(F)F)C(F)(F)F)cc1. The van der Waals surface area contributed by atoms with E-state index in [2.05, 4.69) is 8.92 Å². The molecule has 256 valence electrons. The first kappa shape index (κ1) is 39.4. The van der Waals surface area contributed by atoms with E-state index >= 15 is 0 Å². The van der Waals surface area contributed by atoms with Crippen molar-refractivity contribution in [2.24, 2.45) is 0 Å². The molecule has 0 radical (unpaired) electrons. The molecular weight excluding hydrogens is 717 g/mol. The maximum absolute atomic E-state index is 14.7. The molecule has 0 aliphatic heterocycles. The van der Waals surface area contributed by atoms with Crippen molar-refractivity contribution in [1.29, 1.82) is 0 Å². The highest BCUT2D eigenvalue weighted by atomic mass is 32.3. The Morgan fingerprint density at radius 1 is 0.659 bits per heavy atom. The molecule has 1 aromatic rings. The molecule has 0 heterocycles. The number of rotatable bonds is 10. The molecule has 0 saturated carbocycles. The molecule has 0 aromatic heterocycles. The minimum absolute atomic E-state index is 0.0153. The molecule has 2 N–H and O–H groups in total. The average Bonchev–Trinajstić information content (AvgIpc) is 2.77. The minimum Gasteiger partial charge on any atom is -0.452 e. The number of allylic oxidation sites excluding steroid dienone is 2. The first-order chi connectivity index (χ1) is 19.1. The van der Waals surface area contributed by atoms with Crippen molar-refractivity contribution in [3.63, 3.8) is 0 Å². The Labute approximate surface area is 232 Å². The Morgan fingerprint density at radius 3 is 1.32 bits per heavy atom. The van der Waals surface area contributed by atoms with Crippen LogP contribution in [-0.4, -0.2) is 76.8 Å². The van der Waals surface area contributed by atoms with Gasteiger partial charge >= 0.3 is 52.6 Å². The van der Waals surface area contributed by atoms with E-state index in [0.717, 1.165) is 0 Å². The van der Waals surface area contributed by atoms with Crippen LogP contribution in [0.2, 0.25) is 0 Å². The molecule has 0 amide bonds. The highest BCUT2D eigenvalue weighted by molar-refractivity contribution is 7.89. The van der Waals surface area contributed by atoms with Crippen LogP contribution in [0.5, 0.6) is 5.75 Å². The van der Waals surface area contributed by atoms with Gasteiger partial charge < -0.3 is 4.74 Å². The molecule has 0 spiro atoms. The van der Waals surface area contributed by atoms with E-state index in [9.17, 15) is 91.5 Å². The van der Waals surface area contributed by atoms with Crippen LogP contribution in [0, 0.1) is 0 Å². The summed E-state index contributed by atoms with van der Waals surface area (Å²) in [7, 11) is -9.99. The maximum Gasteiger partial charge on any atom is 0.449 e. The van der Waals surface area contributed by atoms with E-state index in [1.54, 1.807) is 0 Å². The molecule has 0 atom stereocenters. The molecule has 44 heavy (non-hydrogen) atoms. The predicted molar refractivity (Wildman–Crippen MR) is 105 cm³/mol. The van der Waals surface area contributed by atoms with Crippen molar-refractivity contribution in [2.75, 3.05) is 13.2 Å². The maximum atomic E-state index is 14.7. The number of nitrogens with one attached hydrogen (secondary N) is 1. The fraction of sp³-hybridized carbons (Fsp3) is 0.529. The third kappa shape index (κ3) is 8.13. The Balaban J connectivity index is 4.05. The quantitative estimate of drug-likeness (QED) is 0.139. The molecule has 0 unspecified atom stereocenters. The van der Waals surface area contributed by atoms with Gasteiger partial charge in [0.1, 0.15) is 5.75 Å². The van der Waals surface area contributed by atoms with Gasteiger partial charge in [0.2, 0.25) is 15.8 Å². The van der Waals surface area contributed by atoms with E-state index in [1.807, 2.05) is 0 Å². The normalized spacial score (nSPS) is 14.9.